The molecule has 0 spiro atoms. The average molecular weight is 282 g/mol. The zero-order valence-corrected chi connectivity index (χ0v) is 10.8. The van der Waals surface area contributed by atoms with E-state index < -0.39 is 30.1 Å². The number of piperidine rings is 1. The van der Waals surface area contributed by atoms with E-state index in [-0.39, 0.29) is 25.9 Å². The molecule has 1 aliphatic heterocycles. The summed E-state index contributed by atoms with van der Waals surface area (Å²) in [7, 11) is 1.33. The third-order valence-corrected chi connectivity index (χ3v) is 3.47. The number of carbonyl (C=O) groups is 2. The Hall–Kier alpha value is -1.47. The van der Waals surface area contributed by atoms with Crippen molar-refractivity contribution in [2.75, 3.05) is 20.1 Å². The maximum Gasteiger partial charge on any atom is 0.391 e. The van der Waals surface area contributed by atoms with E-state index in [2.05, 4.69) is 0 Å². The normalized spacial score (nSPS) is 19.1. The second-order valence-electron chi connectivity index (χ2n) is 4.71. The Balaban J connectivity index is 2.56. The van der Waals surface area contributed by atoms with Crippen LogP contribution in [0.2, 0.25) is 0 Å². The topological polar surface area (TPSA) is 60.9 Å². The highest BCUT2D eigenvalue weighted by Gasteiger charge is 2.42. The molecule has 19 heavy (non-hydrogen) atoms. The Morgan fingerprint density at radius 3 is 2.16 bits per heavy atom. The number of rotatable bonds is 2. The molecule has 1 saturated heterocycles. The molecule has 5 nitrogen and oxygen atoms in total. The summed E-state index contributed by atoms with van der Waals surface area (Å²) in [5, 5.41) is 8.79. The van der Waals surface area contributed by atoms with Gasteiger partial charge in [0.25, 0.3) is 0 Å². The van der Waals surface area contributed by atoms with Crippen molar-refractivity contribution >= 4 is 12.0 Å². The van der Waals surface area contributed by atoms with Crippen LogP contribution >= 0.6 is 0 Å². The van der Waals surface area contributed by atoms with Crippen molar-refractivity contribution in [2.24, 2.45) is 5.92 Å². The van der Waals surface area contributed by atoms with Crippen molar-refractivity contribution in [3.8, 4) is 0 Å². The minimum absolute atomic E-state index is 0.000308. The molecule has 0 aromatic carbocycles. The minimum Gasteiger partial charge on any atom is -0.480 e. The first-order valence-corrected chi connectivity index (χ1v) is 5.96. The smallest absolute Gasteiger partial charge is 0.391 e. The van der Waals surface area contributed by atoms with Crippen LogP contribution in [0.25, 0.3) is 0 Å². The third-order valence-electron chi connectivity index (χ3n) is 3.47. The van der Waals surface area contributed by atoms with Gasteiger partial charge in [0.1, 0.15) is 6.04 Å². The Kier molecular flexibility index (Phi) is 4.65. The Bertz CT molecular complexity index is 352. The van der Waals surface area contributed by atoms with Crippen LogP contribution in [-0.4, -0.2) is 59.3 Å². The van der Waals surface area contributed by atoms with Crippen molar-refractivity contribution in [1.82, 2.24) is 9.80 Å². The van der Waals surface area contributed by atoms with Gasteiger partial charge in [-0.05, 0) is 19.8 Å². The van der Waals surface area contributed by atoms with Crippen LogP contribution < -0.4 is 0 Å². The summed E-state index contributed by atoms with van der Waals surface area (Å²) in [6.45, 7) is 1.35. The lowest BCUT2D eigenvalue weighted by molar-refractivity contribution is -0.183. The van der Waals surface area contributed by atoms with E-state index in [1.165, 1.54) is 18.9 Å². The number of carboxylic acid groups (broad SMARTS) is 1. The molecule has 8 heteroatoms. The van der Waals surface area contributed by atoms with E-state index >= 15 is 0 Å². The number of carbonyl (C=O) groups excluding carboxylic acids is 1. The van der Waals surface area contributed by atoms with Gasteiger partial charge in [-0.25, -0.2) is 9.59 Å². The lowest BCUT2D eigenvalue weighted by atomic mass is 9.96. The largest absolute Gasteiger partial charge is 0.480 e. The lowest BCUT2D eigenvalue weighted by Gasteiger charge is -2.36. The van der Waals surface area contributed by atoms with E-state index in [0.29, 0.717) is 0 Å². The highest BCUT2D eigenvalue weighted by molar-refractivity contribution is 5.82. The van der Waals surface area contributed by atoms with Crippen LogP contribution in [0.5, 0.6) is 0 Å². The van der Waals surface area contributed by atoms with Gasteiger partial charge in [-0.1, -0.05) is 0 Å². The summed E-state index contributed by atoms with van der Waals surface area (Å²) >= 11 is 0. The molecule has 2 amide bonds. The molecule has 1 N–H and O–H groups in total. The number of aliphatic carboxylic acids is 1. The first kappa shape index (κ1) is 15.6. The fourth-order valence-corrected chi connectivity index (χ4v) is 1.95. The monoisotopic (exact) mass is 282 g/mol. The predicted octanol–water partition coefficient (Wildman–Crippen LogP) is 1.79. The number of carboxylic acids is 1. The Morgan fingerprint density at radius 2 is 1.79 bits per heavy atom. The van der Waals surface area contributed by atoms with Crippen molar-refractivity contribution in [1.29, 1.82) is 0 Å². The van der Waals surface area contributed by atoms with Crippen molar-refractivity contribution < 1.29 is 27.9 Å². The predicted molar refractivity (Wildman–Crippen MR) is 60.6 cm³/mol. The molecule has 1 unspecified atom stereocenters. The standard InChI is InChI=1S/C11H17F3N2O3/c1-7(9(17)18)15(2)10(19)16-5-3-8(4-6-16)11(12,13)14/h7-8H,3-6H2,1-2H3,(H,17,18). The summed E-state index contributed by atoms with van der Waals surface area (Å²) in [5.41, 5.74) is 0. The zero-order chi connectivity index (χ0) is 14.8. The summed E-state index contributed by atoms with van der Waals surface area (Å²) in [5.74, 6) is -2.53. The first-order chi connectivity index (χ1) is 8.64. The number of urea groups is 1. The molecule has 0 saturated carbocycles. The molecule has 0 aromatic rings. The van der Waals surface area contributed by atoms with Gasteiger partial charge < -0.3 is 14.9 Å². The van der Waals surface area contributed by atoms with Gasteiger partial charge in [0, 0.05) is 20.1 Å². The number of likely N-dealkylation sites (N-methyl/N-ethyl adjacent to an activating group) is 1. The highest BCUT2D eigenvalue weighted by Crippen LogP contribution is 2.34. The number of amides is 2. The maximum absolute atomic E-state index is 12.5. The number of halogens is 3. The molecule has 1 aliphatic rings. The summed E-state index contributed by atoms with van der Waals surface area (Å²) in [4.78, 5) is 24.9. The first-order valence-electron chi connectivity index (χ1n) is 5.96. The number of nitrogens with zero attached hydrogens (tertiary/aromatic N) is 2. The number of likely N-dealkylation sites (tertiary alicyclic amines) is 1. The Labute approximate surface area is 109 Å². The summed E-state index contributed by atoms with van der Waals surface area (Å²) < 4.78 is 37.4. The van der Waals surface area contributed by atoms with Crippen LogP contribution in [0.3, 0.4) is 0 Å². The number of hydrogen-bond acceptors (Lipinski definition) is 2. The lowest BCUT2D eigenvalue weighted by Crippen LogP contribution is -2.51. The fourth-order valence-electron chi connectivity index (χ4n) is 1.95. The van der Waals surface area contributed by atoms with Crippen LogP contribution in [-0.2, 0) is 4.79 Å². The molecule has 0 bridgehead atoms. The van der Waals surface area contributed by atoms with E-state index in [0.717, 1.165) is 4.90 Å². The number of hydrogen-bond donors (Lipinski definition) is 1. The molecule has 110 valence electrons. The summed E-state index contributed by atoms with van der Waals surface area (Å²) in [6, 6.07) is -1.55. The average Bonchev–Trinajstić information content (AvgIpc) is 2.35. The van der Waals surface area contributed by atoms with Crippen molar-refractivity contribution in [2.45, 2.75) is 32.0 Å². The van der Waals surface area contributed by atoms with Crippen LogP contribution in [0.15, 0.2) is 0 Å². The minimum atomic E-state index is -4.23. The summed E-state index contributed by atoms with van der Waals surface area (Å²) in [6.07, 6.45) is -4.50. The quantitative estimate of drug-likeness (QED) is 0.840. The molecular formula is C11H17F3N2O3. The van der Waals surface area contributed by atoms with Gasteiger partial charge in [0.05, 0.1) is 5.92 Å². The van der Waals surface area contributed by atoms with Crippen molar-refractivity contribution in [3.63, 3.8) is 0 Å². The van der Waals surface area contributed by atoms with E-state index in [1.54, 1.807) is 0 Å². The third kappa shape index (κ3) is 3.74. The van der Waals surface area contributed by atoms with Gasteiger partial charge in [0.2, 0.25) is 0 Å². The molecule has 0 aromatic heterocycles. The maximum atomic E-state index is 12.5. The van der Waals surface area contributed by atoms with Gasteiger partial charge in [0.15, 0.2) is 0 Å². The molecular weight excluding hydrogens is 265 g/mol. The molecule has 1 heterocycles. The van der Waals surface area contributed by atoms with Crippen LogP contribution in [0, 0.1) is 5.92 Å². The second kappa shape index (κ2) is 5.66. The molecule has 1 rings (SSSR count). The van der Waals surface area contributed by atoms with E-state index in [1.807, 2.05) is 0 Å². The van der Waals surface area contributed by atoms with Gasteiger partial charge in [-0.15, -0.1) is 0 Å². The zero-order valence-electron chi connectivity index (χ0n) is 10.8. The van der Waals surface area contributed by atoms with Gasteiger partial charge in [-0.3, -0.25) is 0 Å². The Morgan fingerprint density at radius 1 is 1.32 bits per heavy atom. The van der Waals surface area contributed by atoms with Gasteiger partial charge in [-0.2, -0.15) is 13.2 Å². The van der Waals surface area contributed by atoms with Crippen molar-refractivity contribution in [3.05, 3.63) is 0 Å². The second-order valence-corrected chi connectivity index (χ2v) is 4.71. The van der Waals surface area contributed by atoms with Crippen LogP contribution in [0.4, 0.5) is 18.0 Å². The molecule has 1 fully saturated rings. The van der Waals surface area contributed by atoms with Gasteiger partial charge >= 0.3 is 18.2 Å². The van der Waals surface area contributed by atoms with E-state index in [4.69, 9.17) is 5.11 Å². The SMILES string of the molecule is CC(C(=O)O)N(C)C(=O)N1CCC(C(F)(F)F)CC1. The molecule has 0 aliphatic carbocycles. The molecule has 0 radical (unpaired) electrons. The van der Waals surface area contributed by atoms with Crippen LogP contribution in [0.1, 0.15) is 19.8 Å². The molecule has 1 atom stereocenters. The van der Waals surface area contributed by atoms with E-state index in [9.17, 15) is 22.8 Å². The highest BCUT2D eigenvalue weighted by atomic mass is 19.4. The number of alkyl halides is 3. The fraction of sp³-hybridized carbons (Fsp3) is 0.818.